The molecule has 2 aliphatic heterocycles. The Kier molecular flexibility index (Phi) is 4.95. The molecular weight excluding hydrogens is 354 g/mol. The number of piperazine rings is 1. The lowest BCUT2D eigenvalue weighted by atomic mass is 9.83. The largest absolute Gasteiger partial charge is 0.378 e. The number of rotatable bonds is 4. The highest BCUT2D eigenvalue weighted by Gasteiger charge is 2.24. The van der Waals surface area contributed by atoms with Crippen molar-refractivity contribution in [2.24, 2.45) is 0 Å². The van der Waals surface area contributed by atoms with Gasteiger partial charge in [-0.1, -0.05) is 6.42 Å². The quantitative estimate of drug-likeness (QED) is 0.793. The van der Waals surface area contributed by atoms with Crippen LogP contribution < -0.4 is 14.7 Å². The van der Waals surface area contributed by atoms with Crippen LogP contribution in [0.15, 0.2) is 24.5 Å². The zero-order valence-electron chi connectivity index (χ0n) is 16.2. The zero-order valence-corrected chi connectivity index (χ0v) is 16.2. The van der Waals surface area contributed by atoms with Crippen LogP contribution in [-0.4, -0.2) is 72.6 Å². The van der Waals surface area contributed by atoms with Gasteiger partial charge in [0, 0.05) is 56.9 Å². The summed E-state index contributed by atoms with van der Waals surface area (Å²) in [7, 11) is 0. The van der Waals surface area contributed by atoms with Gasteiger partial charge in [-0.05, 0) is 25.0 Å². The van der Waals surface area contributed by atoms with Crippen LogP contribution in [0, 0.1) is 0 Å². The third-order valence-electron chi connectivity index (χ3n) is 6.10. The number of ether oxygens (including phenoxy) is 1. The first-order valence-electron chi connectivity index (χ1n) is 10.3. The molecule has 0 unspecified atom stereocenters. The highest BCUT2D eigenvalue weighted by atomic mass is 16.5. The maximum absolute atomic E-state index is 5.40. The summed E-state index contributed by atoms with van der Waals surface area (Å²) in [6, 6.07) is 6.36. The molecule has 2 saturated heterocycles. The molecule has 0 aromatic carbocycles. The fraction of sp³-hybridized carbons (Fsp3) is 0.600. The highest BCUT2D eigenvalue weighted by Crippen LogP contribution is 2.36. The first-order valence-corrected chi connectivity index (χ1v) is 10.3. The molecule has 0 spiro atoms. The van der Waals surface area contributed by atoms with E-state index < -0.39 is 0 Å². The van der Waals surface area contributed by atoms with Crippen molar-refractivity contribution in [2.75, 3.05) is 67.2 Å². The number of anilines is 3. The van der Waals surface area contributed by atoms with Gasteiger partial charge in [-0.3, -0.25) is 0 Å². The van der Waals surface area contributed by atoms with Crippen molar-refractivity contribution in [3.05, 3.63) is 30.2 Å². The van der Waals surface area contributed by atoms with Gasteiger partial charge in [0.1, 0.15) is 12.1 Å². The van der Waals surface area contributed by atoms with Gasteiger partial charge < -0.3 is 19.4 Å². The first kappa shape index (κ1) is 17.6. The van der Waals surface area contributed by atoms with Gasteiger partial charge in [-0.25, -0.2) is 9.97 Å². The average Bonchev–Trinajstić information content (AvgIpc) is 2.74. The Hall–Kier alpha value is -2.48. The summed E-state index contributed by atoms with van der Waals surface area (Å²) in [6.45, 7) is 7.02. The number of hydrogen-bond acceptors (Lipinski definition) is 8. The molecule has 8 heteroatoms. The van der Waals surface area contributed by atoms with Crippen LogP contribution in [0.1, 0.15) is 30.9 Å². The maximum atomic E-state index is 5.40. The molecule has 1 saturated carbocycles. The van der Waals surface area contributed by atoms with Gasteiger partial charge in [0.15, 0.2) is 11.6 Å². The van der Waals surface area contributed by atoms with Crippen LogP contribution in [0.5, 0.6) is 0 Å². The van der Waals surface area contributed by atoms with E-state index in [0.29, 0.717) is 5.92 Å². The molecule has 28 heavy (non-hydrogen) atoms. The molecule has 0 radical (unpaired) electrons. The summed E-state index contributed by atoms with van der Waals surface area (Å²) in [6.07, 6.45) is 5.59. The normalized spacial score (nSPS) is 20.9. The second-order valence-electron chi connectivity index (χ2n) is 7.75. The van der Waals surface area contributed by atoms with E-state index in [1.165, 1.54) is 25.0 Å². The Morgan fingerprint density at radius 1 is 0.750 bits per heavy atom. The van der Waals surface area contributed by atoms with Crippen molar-refractivity contribution in [3.8, 4) is 0 Å². The molecule has 0 amide bonds. The van der Waals surface area contributed by atoms with Crippen LogP contribution in [-0.2, 0) is 4.74 Å². The molecule has 8 nitrogen and oxygen atoms in total. The standard InChI is InChI=1S/C20H27N7O/c1-2-16(3-1)17-14-20(22-15-21-17)26-8-6-25(7-9-26)18-4-5-19(24-23-18)27-10-12-28-13-11-27/h4-5,14-16H,1-3,6-13H2. The molecule has 3 fully saturated rings. The van der Waals surface area contributed by atoms with Crippen LogP contribution in [0.3, 0.4) is 0 Å². The maximum Gasteiger partial charge on any atom is 0.151 e. The Balaban J connectivity index is 1.20. The third kappa shape index (κ3) is 3.61. The summed E-state index contributed by atoms with van der Waals surface area (Å²) in [5.74, 6) is 3.60. The molecule has 2 aromatic rings. The van der Waals surface area contributed by atoms with Crippen LogP contribution in [0.4, 0.5) is 17.5 Å². The first-order chi connectivity index (χ1) is 13.9. The lowest BCUT2D eigenvalue weighted by Crippen LogP contribution is -2.47. The summed E-state index contributed by atoms with van der Waals surface area (Å²) in [5, 5.41) is 8.93. The molecule has 5 rings (SSSR count). The fourth-order valence-corrected chi connectivity index (χ4v) is 4.07. The number of aromatic nitrogens is 4. The molecule has 0 bridgehead atoms. The predicted octanol–water partition coefficient (Wildman–Crippen LogP) is 1.70. The second-order valence-corrected chi connectivity index (χ2v) is 7.75. The second kappa shape index (κ2) is 7.87. The zero-order chi connectivity index (χ0) is 18.8. The van der Waals surface area contributed by atoms with Crippen LogP contribution in [0.25, 0.3) is 0 Å². The van der Waals surface area contributed by atoms with Crippen molar-refractivity contribution in [1.29, 1.82) is 0 Å². The Morgan fingerprint density at radius 2 is 1.36 bits per heavy atom. The van der Waals surface area contributed by atoms with Gasteiger partial charge in [-0.2, -0.15) is 0 Å². The minimum atomic E-state index is 0.642. The Labute approximate surface area is 165 Å². The van der Waals surface area contributed by atoms with E-state index in [1.807, 2.05) is 0 Å². The van der Waals surface area contributed by atoms with Crippen LogP contribution >= 0.6 is 0 Å². The molecule has 3 aliphatic rings. The van der Waals surface area contributed by atoms with E-state index in [-0.39, 0.29) is 0 Å². The molecule has 0 atom stereocenters. The molecular formula is C20H27N7O. The SMILES string of the molecule is c1nc(C2CCC2)cc(N2CCN(c3ccc(N4CCOCC4)nn3)CC2)n1. The average molecular weight is 381 g/mol. The van der Waals surface area contributed by atoms with Gasteiger partial charge in [0.2, 0.25) is 0 Å². The predicted molar refractivity (Wildman–Crippen MR) is 108 cm³/mol. The fourth-order valence-electron chi connectivity index (χ4n) is 4.07. The van der Waals surface area contributed by atoms with E-state index in [4.69, 9.17) is 4.74 Å². The molecule has 2 aromatic heterocycles. The highest BCUT2D eigenvalue weighted by molar-refractivity contribution is 5.48. The number of morpholine rings is 1. The molecule has 0 N–H and O–H groups in total. The van der Waals surface area contributed by atoms with Crippen molar-refractivity contribution in [3.63, 3.8) is 0 Å². The summed E-state index contributed by atoms with van der Waals surface area (Å²) in [4.78, 5) is 15.9. The third-order valence-corrected chi connectivity index (χ3v) is 6.10. The summed E-state index contributed by atoms with van der Waals surface area (Å²) in [5.41, 5.74) is 1.21. The summed E-state index contributed by atoms with van der Waals surface area (Å²) >= 11 is 0. The monoisotopic (exact) mass is 381 g/mol. The summed E-state index contributed by atoms with van der Waals surface area (Å²) < 4.78 is 5.40. The van der Waals surface area contributed by atoms with E-state index in [0.717, 1.165) is 69.9 Å². The Bertz CT molecular complexity index is 781. The topological polar surface area (TPSA) is 70.5 Å². The molecule has 4 heterocycles. The van der Waals surface area contributed by atoms with E-state index >= 15 is 0 Å². The van der Waals surface area contributed by atoms with E-state index in [9.17, 15) is 0 Å². The smallest absolute Gasteiger partial charge is 0.151 e. The van der Waals surface area contributed by atoms with Crippen molar-refractivity contribution < 1.29 is 4.74 Å². The minimum absolute atomic E-state index is 0.642. The minimum Gasteiger partial charge on any atom is -0.378 e. The lowest BCUT2D eigenvalue weighted by Gasteiger charge is -2.36. The van der Waals surface area contributed by atoms with Gasteiger partial charge >= 0.3 is 0 Å². The van der Waals surface area contributed by atoms with Crippen LogP contribution in [0.2, 0.25) is 0 Å². The Morgan fingerprint density at radius 3 is 1.93 bits per heavy atom. The van der Waals surface area contributed by atoms with Gasteiger partial charge in [0.05, 0.1) is 13.2 Å². The van der Waals surface area contributed by atoms with Crippen molar-refractivity contribution in [1.82, 2.24) is 20.2 Å². The van der Waals surface area contributed by atoms with E-state index in [1.54, 1.807) is 6.33 Å². The van der Waals surface area contributed by atoms with Crippen molar-refractivity contribution >= 4 is 17.5 Å². The van der Waals surface area contributed by atoms with E-state index in [2.05, 4.69) is 53.1 Å². The lowest BCUT2D eigenvalue weighted by molar-refractivity contribution is 0.122. The van der Waals surface area contributed by atoms with Crippen molar-refractivity contribution in [2.45, 2.75) is 25.2 Å². The number of hydrogen-bond donors (Lipinski definition) is 0. The number of nitrogens with zero attached hydrogens (tertiary/aromatic N) is 7. The van der Waals surface area contributed by atoms with Gasteiger partial charge in [0.25, 0.3) is 0 Å². The molecule has 1 aliphatic carbocycles. The van der Waals surface area contributed by atoms with Gasteiger partial charge in [-0.15, -0.1) is 10.2 Å². The molecule has 148 valence electrons.